The molecule has 0 aliphatic heterocycles. The molecule has 1 N–H and O–H groups in total. The molecule has 1 aliphatic rings. The summed E-state index contributed by atoms with van der Waals surface area (Å²) in [7, 11) is 0. The van der Waals surface area contributed by atoms with Crippen LogP contribution in [-0.2, 0) is 6.54 Å². The van der Waals surface area contributed by atoms with Crippen LogP contribution in [0.4, 0.5) is 0 Å². The number of ether oxygens (including phenoxy) is 1. The molecule has 0 radical (unpaired) electrons. The van der Waals surface area contributed by atoms with Gasteiger partial charge in [0.15, 0.2) is 5.75 Å². The maximum Gasteiger partial charge on any atom is 0.165 e. The molecule has 0 unspecified atom stereocenters. The molecule has 0 saturated heterocycles. The largest absolute Gasteiger partial charge is 0.452 e. The number of nitrogens with one attached hydrogen (secondary N) is 1. The topological polar surface area (TPSA) is 52.0 Å². The Hall–Kier alpha value is -1.88. The SMILES string of the molecule is CC(C)n1cc(Oc2cncc(CNC3CC3)c2)cn1. The number of nitrogens with zero attached hydrogens (tertiary/aromatic N) is 3. The van der Waals surface area contributed by atoms with Crippen LogP contribution in [0.15, 0.2) is 30.9 Å². The van der Waals surface area contributed by atoms with Gasteiger partial charge < -0.3 is 10.1 Å². The van der Waals surface area contributed by atoms with Gasteiger partial charge in [0.05, 0.1) is 18.6 Å². The zero-order valence-electron chi connectivity index (χ0n) is 11.9. The number of aromatic nitrogens is 3. The summed E-state index contributed by atoms with van der Waals surface area (Å²) in [4.78, 5) is 4.23. The van der Waals surface area contributed by atoms with Gasteiger partial charge in [0.25, 0.3) is 0 Å². The van der Waals surface area contributed by atoms with Gasteiger partial charge in [-0.05, 0) is 38.3 Å². The van der Waals surface area contributed by atoms with E-state index in [0.29, 0.717) is 12.1 Å². The summed E-state index contributed by atoms with van der Waals surface area (Å²) in [5.74, 6) is 1.50. The lowest BCUT2D eigenvalue weighted by Crippen LogP contribution is -2.15. The Labute approximate surface area is 119 Å². The predicted molar refractivity (Wildman–Crippen MR) is 76.8 cm³/mol. The number of pyridine rings is 1. The van der Waals surface area contributed by atoms with Crippen LogP contribution in [0.3, 0.4) is 0 Å². The minimum absolute atomic E-state index is 0.333. The Morgan fingerprint density at radius 1 is 1.30 bits per heavy atom. The quantitative estimate of drug-likeness (QED) is 0.878. The van der Waals surface area contributed by atoms with Crippen molar-refractivity contribution < 1.29 is 4.74 Å². The Kier molecular flexibility index (Phi) is 3.69. The average molecular weight is 272 g/mol. The zero-order valence-corrected chi connectivity index (χ0v) is 11.9. The van der Waals surface area contributed by atoms with E-state index in [1.165, 1.54) is 12.8 Å². The molecular formula is C15H20N4O. The minimum Gasteiger partial charge on any atom is -0.452 e. The lowest BCUT2D eigenvalue weighted by Gasteiger charge is -2.06. The van der Waals surface area contributed by atoms with E-state index in [9.17, 15) is 0 Å². The molecule has 0 amide bonds. The average Bonchev–Trinajstić information content (AvgIpc) is 3.15. The van der Waals surface area contributed by atoms with Gasteiger partial charge in [-0.25, -0.2) is 0 Å². The summed E-state index contributed by atoms with van der Waals surface area (Å²) in [5, 5.41) is 7.73. The van der Waals surface area contributed by atoms with Crippen molar-refractivity contribution in [2.24, 2.45) is 0 Å². The lowest BCUT2D eigenvalue weighted by molar-refractivity contribution is 0.473. The summed E-state index contributed by atoms with van der Waals surface area (Å²) in [6.07, 6.45) is 9.82. The normalized spacial score (nSPS) is 14.8. The van der Waals surface area contributed by atoms with Gasteiger partial charge in [-0.3, -0.25) is 9.67 Å². The van der Waals surface area contributed by atoms with Crippen LogP contribution in [0, 0.1) is 0 Å². The fraction of sp³-hybridized carbons (Fsp3) is 0.467. The van der Waals surface area contributed by atoms with Crippen molar-refractivity contribution in [2.75, 3.05) is 0 Å². The molecule has 2 aromatic rings. The standard InChI is InChI=1S/C15H20N4O/c1-11(2)19-10-15(9-18-19)20-14-5-12(6-16-8-14)7-17-13-3-4-13/h5-6,8-11,13,17H,3-4,7H2,1-2H3. The predicted octanol–water partition coefficient (Wildman–Crippen LogP) is 2.90. The van der Waals surface area contributed by atoms with E-state index in [1.54, 1.807) is 12.4 Å². The van der Waals surface area contributed by atoms with Crippen molar-refractivity contribution in [1.29, 1.82) is 0 Å². The summed E-state index contributed by atoms with van der Waals surface area (Å²) in [6.45, 7) is 5.02. The molecule has 5 heteroatoms. The maximum absolute atomic E-state index is 5.80. The molecule has 1 saturated carbocycles. The summed E-state index contributed by atoms with van der Waals surface area (Å²) >= 11 is 0. The third-order valence-corrected chi connectivity index (χ3v) is 3.28. The van der Waals surface area contributed by atoms with Crippen LogP contribution in [0.5, 0.6) is 11.5 Å². The van der Waals surface area contributed by atoms with E-state index in [4.69, 9.17) is 4.74 Å². The third-order valence-electron chi connectivity index (χ3n) is 3.28. The highest BCUT2D eigenvalue weighted by Gasteiger charge is 2.20. The molecular weight excluding hydrogens is 252 g/mol. The Morgan fingerprint density at radius 2 is 2.15 bits per heavy atom. The fourth-order valence-corrected chi connectivity index (χ4v) is 1.96. The smallest absolute Gasteiger partial charge is 0.165 e. The van der Waals surface area contributed by atoms with Gasteiger partial charge in [-0.1, -0.05) is 0 Å². The molecule has 1 aliphatic carbocycles. The molecule has 0 spiro atoms. The van der Waals surface area contributed by atoms with E-state index >= 15 is 0 Å². The van der Waals surface area contributed by atoms with Gasteiger partial charge in [0.2, 0.25) is 0 Å². The van der Waals surface area contributed by atoms with Gasteiger partial charge in [-0.2, -0.15) is 5.10 Å². The Balaban J connectivity index is 1.64. The molecule has 20 heavy (non-hydrogen) atoms. The van der Waals surface area contributed by atoms with Crippen molar-refractivity contribution in [1.82, 2.24) is 20.1 Å². The molecule has 0 bridgehead atoms. The molecule has 0 aromatic carbocycles. The number of hydrogen-bond donors (Lipinski definition) is 1. The summed E-state index contributed by atoms with van der Waals surface area (Å²) in [6, 6.07) is 3.05. The van der Waals surface area contributed by atoms with Gasteiger partial charge in [-0.15, -0.1) is 0 Å². The molecule has 1 fully saturated rings. The molecule has 2 heterocycles. The van der Waals surface area contributed by atoms with Gasteiger partial charge >= 0.3 is 0 Å². The Bertz CT molecular complexity index is 575. The first-order valence-electron chi connectivity index (χ1n) is 7.10. The first-order chi connectivity index (χ1) is 9.70. The van der Waals surface area contributed by atoms with Crippen molar-refractivity contribution in [3.63, 3.8) is 0 Å². The van der Waals surface area contributed by atoms with E-state index < -0.39 is 0 Å². The van der Waals surface area contributed by atoms with Crippen LogP contribution in [-0.4, -0.2) is 20.8 Å². The number of hydrogen-bond acceptors (Lipinski definition) is 4. The van der Waals surface area contributed by atoms with Crippen LogP contribution in [0.25, 0.3) is 0 Å². The summed E-state index contributed by atoms with van der Waals surface area (Å²) < 4.78 is 7.67. The highest BCUT2D eigenvalue weighted by atomic mass is 16.5. The van der Waals surface area contributed by atoms with Crippen molar-refractivity contribution >= 4 is 0 Å². The third kappa shape index (κ3) is 3.36. The lowest BCUT2D eigenvalue weighted by atomic mass is 10.3. The monoisotopic (exact) mass is 272 g/mol. The van der Waals surface area contributed by atoms with Crippen LogP contribution in [0.2, 0.25) is 0 Å². The van der Waals surface area contributed by atoms with E-state index in [-0.39, 0.29) is 0 Å². The summed E-state index contributed by atoms with van der Waals surface area (Å²) in [5.41, 5.74) is 1.14. The van der Waals surface area contributed by atoms with E-state index in [1.807, 2.05) is 23.1 Å². The second-order valence-corrected chi connectivity index (χ2v) is 5.54. The van der Waals surface area contributed by atoms with Crippen LogP contribution >= 0.6 is 0 Å². The Morgan fingerprint density at radius 3 is 2.85 bits per heavy atom. The highest BCUT2D eigenvalue weighted by Crippen LogP contribution is 2.23. The van der Waals surface area contributed by atoms with Crippen LogP contribution in [0.1, 0.15) is 38.3 Å². The van der Waals surface area contributed by atoms with Gasteiger partial charge in [0, 0.05) is 24.8 Å². The molecule has 0 atom stereocenters. The van der Waals surface area contributed by atoms with Crippen molar-refractivity contribution in [3.05, 3.63) is 36.4 Å². The molecule has 106 valence electrons. The molecule has 2 aromatic heterocycles. The zero-order chi connectivity index (χ0) is 13.9. The second-order valence-electron chi connectivity index (χ2n) is 5.54. The maximum atomic E-state index is 5.80. The van der Waals surface area contributed by atoms with Crippen molar-refractivity contribution in [3.8, 4) is 11.5 Å². The van der Waals surface area contributed by atoms with Crippen molar-refractivity contribution in [2.45, 2.75) is 45.3 Å². The molecule has 3 rings (SSSR count). The second kappa shape index (κ2) is 5.63. The van der Waals surface area contributed by atoms with E-state index in [0.717, 1.165) is 23.6 Å². The fourth-order valence-electron chi connectivity index (χ4n) is 1.96. The highest BCUT2D eigenvalue weighted by molar-refractivity contribution is 5.28. The minimum atomic E-state index is 0.333. The first kappa shape index (κ1) is 13.1. The van der Waals surface area contributed by atoms with Crippen LogP contribution < -0.4 is 10.1 Å². The number of rotatable bonds is 6. The molecule has 5 nitrogen and oxygen atoms in total. The first-order valence-corrected chi connectivity index (χ1v) is 7.10. The van der Waals surface area contributed by atoms with E-state index in [2.05, 4.69) is 29.2 Å². The van der Waals surface area contributed by atoms with Gasteiger partial charge in [0.1, 0.15) is 5.75 Å².